The first-order valence-electron chi connectivity index (χ1n) is 41.8. The lowest BCUT2D eigenvalue weighted by Gasteiger charge is -2.44. The molecule has 15 bridgehead atoms. The maximum absolute atomic E-state index is 17.0. The summed E-state index contributed by atoms with van der Waals surface area (Å²) in [6.45, 7) is -0.148. The van der Waals surface area contributed by atoms with Crippen LogP contribution in [0.1, 0.15) is 128 Å². The van der Waals surface area contributed by atoms with Crippen LogP contribution in [-0.2, 0) is 68.5 Å². The Bertz CT molecular complexity index is 5600. The molecule has 7 aromatic carbocycles. The third-order valence-corrected chi connectivity index (χ3v) is 23.7. The van der Waals surface area contributed by atoms with E-state index < -0.39 is 327 Å². The average Bonchev–Trinajstić information content (AvgIpc) is 0.760. The van der Waals surface area contributed by atoms with Gasteiger partial charge in [0.2, 0.25) is 65.6 Å². The summed E-state index contributed by atoms with van der Waals surface area (Å²) in [7, 11) is 0. The highest BCUT2D eigenvalue weighted by Crippen LogP contribution is 2.51. The summed E-state index contributed by atoms with van der Waals surface area (Å²) in [5.41, 5.74) is 2.61. The number of para-hydroxylation sites is 1. The fourth-order valence-electron chi connectivity index (χ4n) is 16.3. The number of rotatable bonds is 19. The van der Waals surface area contributed by atoms with E-state index in [0.29, 0.717) is 6.42 Å². The Kier molecular flexibility index (Phi) is 29.6. The number of halogens is 2. The molecule has 23 atom stereocenters. The minimum absolute atomic E-state index is 0.149. The first-order valence-corrected chi connectivity index (χ1v) is 42.5. The molecule has 0 spiro atoms. The third-order valence-electron chi connectivity index (χ3n) is 23.1. The number of allylic oxidation sites excluding steroid dienone is 2. The average molecular weight is 1880 g/mol. The number of nitrogens with two attached hydrogens (primary N) is 1. The van der Waals surface area contributed by atoms with Crippen LogP contribution in [0.15, 0.2) is 127 Å². The number of hydrogen-bond donors (Lipinski definition) is 24. The van der Waals surface area contributed by atoms with Gasteiger partial charge in [-0.2, -0.15) is 0 Å². The van der Waals surface area contributed by atoms with Gasteiger partial charge in [0.1, 0.15) is 156 Å². The fraction of sp³-hybridized carbons (Fsp3) is 0.398. The Labute approximate surface area is 759 Å². The molecule has 132 heavy (non-hydrogen) atoms. The first-order chi connectivity index (χ1) is 63.0. The zero-order valence-electron chi connectivity index (χ0n) is 69.9. The number of hydrogen-bond acceptors (Lipinski definition) is 33. The van der Waals surface area contributed by atoms with Crippen LogP contribution in [0.3, 0.4) is 0 Å². The van der Waals surface area contributed by atoms with Crippen molar-refractivity contribution >= 4 is 76.4 Å². The topological polar surface area (TPSA) is 662 Å². The van der Waals surface area contributed by atoms with Crippen LogP contribution in [0.2, 0.25) is 10.0 Å². The van der Waals surface area contributed by atoms with E-state index in [-0.39, 0.29) is 34.7 Å². The molecule has 8 amide bonds. The predicted octanol–water partition coefficient (Wildman–Crippen LogP) is 0.940. The van der Waals surface area contributed by atoms with Gasteiger partial charge in [-0.3, -0.25) is 38.4 Å². The number of phenolic OH excluding ortho intramolecular Hbond substituents is 4. The first kappa shape index (κ1) is 95.8. The molecule has 25 N–H and O–H groups in total. The van der Waals surface area contributed by atoms with Gasteiger partial charge in [0.15, 0.2) is 35.3 Å². The molecule has 1 unspecified atom stereocenters. The molecule has 704 valence electrons. The Morgan fingerprint density at radius 3 is 1.74 bits per heavy atom. The molecule has 16 rings (SSSR count). The highest BCUT2D eigenvalue weighted by molar-refractivity contribution is 6.32. The number of nitrogens with one attached hydrogen (secondary N) is 8. The molecule has 44 heteroatoms. The van der Waals surface area contributed by atoms with Gasteiger partial charge in [0, 0.05) is 54.2 Å². The Hall–Kier alpha value is -12.3. The standard InChI is InChI=1S/C88H95Cl2N9O33/c1-3-4-5-6-7-8-9-13-59(108)94-67-73(113)70(110)57(32-101)129-87(67)132-78-54-26-39-27-55(78)126-52-19-16-37(25-47(52)90)76(131-86-66(92-34(2)103)72(112)69(109)56(31-100)128-86)68-84(121)98-65(85(122)123)45-29-41(105)30-53(127-88-75(115)74(114)71(111)58(33-102)130-88)60(45)44-24-36(15-17-49(44)106)62(81(118)99-68)96-83(120)64(39)97-82(119)63-38-22-40(104)28-42(23-38)124-77-43(11-10-12-50(77)107)61(91)80(117)93-48(79(116)95-63)21-35-14-18-51(125-54)46(89)20-35/h7-8,10-12,14-20,22-30,48,56-58,61-76,86-88,100-102,104-107,109-115H,3-6,9,13,21,31-33,91H2,1-2H3,(H,92,103)(H,93,117)(H,94,108)(H,95,116)(H,96,120)(H,97,119)(H,98,121)(H,99,118)(H,122,123)/t48-,56+,57-,58+,61-,62+,63+,64+,65-,66-,67+,68+,69+,70+,71-,72-,73+,74+,75-,76?,86+,87-,88-/m1/s1. The summed E-state index contributed by atoms with van der Waals surface area (Å²) in [5, 5.41) is 190. The van der Waals surface area contributed by atoms with Gasteiger partial charge in [-0.15, -0.1) is 0 Å². The number of aliphatic hydroxyl groups is 10. The number of carboxylic acids is 1. The Morgan fingerprint density at radius 2 is 1.11 bits per heavy atom. The van der Waals surface area contributed by atoms with Crippen molar-refractivity contribution < 1.29 is 162 Å². The zero-order valence-corrected chi connectivity index (χ0v) is 71.4. The maximum Gasteiger partial charge on any atom is 0.330 e. The molecule has 0 aliphatic carbocycles. The Balaban J connectivity index is 1.04. The van der Waals surface area contributed by atoms with Gasteiger partial charge >= 0.3 is 5.97 Å². The quantitative estimate of drug-likeness (QED) is 0.0396. The van der Waals surface area contributed by atoms with Crippen LogP contribution in [0.4, 0.5) is 0 Å². The van der Waals surface area contributed by atoms with E-state index >= 15 is 24.0 Å². The molecule has 3 saturated heterocycles. The molecule has 0 aromatic heterocycles. The molecule has 9 aliphatic rings. The van der Waals surface area contributed by atoms with E-state index in [4.69, 9.17) is 71.6 Å². The van der Waals surface area contributed by atoms with Crippen molar-refractivity contribution in [2.24, 2.45) is 5.73 Å². The van der Waals surface area contributed by atoms with E-state index in [2.05, 4.69) is 42.5 Å². The van der Waals surface area contributed by atoms with E-state index in [1.165, 1.54) is 36.4 Å². The van der Waals surface area contributed by atoms with Crippen LogP contribution >= 0.6 is 23.2 Å². The van der Waals surface area contributed by atoms with E-state index in [1.54, 1.807) is 6.08 Å². The van der Waals surface area contributed by atoms with Gasteiger partial charge in [0.05, 0.1) is 29.9 Å². The molecular weight excluding hydrogens is 1780 g/mol. The van der Waals surface area contributed by atoms with Crippen molar-refractivity contribution in [3.8, 4) is 80.1 Å². The van der Waals surface area contributed by atoms with E-state index in [9.17, 15) is 95.8 Å². The van der Waals surface area contributed by atoms with Crippen LogP contribution in [-0.4, -0.2) is 254 Å². The van der Waals surface area contributed by atoms with Gasteiger partial charge in [0.25, 0.3) is 0 Å². The number of fused-ring (bicyclic) bond motifs is 13. The molecule has 9 aliphatic heterocycles. The number of carboxylic acid groups (broad SMARTS) is 1. The molecule has 0 saturated carbocycles. The largest absolute Gasteiger partial charge is 0.508 e. The Morgan fingerprint density at radius 1 is 0.523 bits per heavy atom. The van der Waals surface area contributed by atoms with Crippen molar-refractivity contribution in [2.75, 3.05) is 19.8 Å². The lowest BCUT2D eigenvalue weighted by molar-refractivity contribution is -0.284. The summed E-state index contributed by atoms with van der Waals surface area (Å²) in [4.78, 5) is 138. The molecule has 42 nitrogen and oxygen atoms in total. The van der Waals surface area contributed by atoms with Crippen LogP contribution in [0.5, 0.6) is 69.0 Å². The SMILES string of the molecule is CCCCCC=CCCC(=O)N[C@@H]1[C@@H](Oc2c3cc4cc2Oc2ccc(cc2Cl)C(O[C@@H]2O[C@@H](CO)[C@H](O)[C@H](O)[C@H]2NC(C)=O)[C@@H]2NC(=O)[C@@H](NC(=O)[C@H]4NC(=O)[C@H]4NC(=O)[C@@H](Cc5ccc(c(Cl)c5)O3)NC(=O)[C@H](N)c3cccc(O)c3Oc3cc(O)cc4c3)c3ccc(O)c(c3)-c3c(O[C@@H]4O[C@@H](CO)[C@@H](O)[C@H](O)[C@H]4O)cc(O)cc3[C@H](C(=O)O)NC2=O)O[C@H](CO)[C@H](O)[C@H]1O. The van der Waals surface area contributed by atoms with Gasteiger partial charge < -0.3 is 167 Å². The number of ether oxygens (including phenoxy) is 9. The summed E-state index contributed by atoms with van der Waals surface area (Å²) in [5.74, 6) is -20.0. The van der Waals surface area contributed by atoms with Crippen molar-refractivity contribution in [3.63, 3.8) is 0 Å². The highest BCUT2D eigenvalue weighted by Gasteiger charge is 2.52. The number of carbonyl (C=O) groups excluding carboxylic acids is 8. The number of aliphatic carboxylic acids is 1. The summed E-state index contributed by atoms with van der Waals surface area (Å²) >= 11 is 14.7. The second kappa shape index (κ2) is 40.8. The molecule has 7 aromatic rings. The molecule has 0 radical (unpaired) electrons. The van der Waals surface area contributed by atoms with Gasteiger partial charge in [-0.25, -0.2) is 4.79 Å². The summed E-state index contributed by atoms with van der Waals surface area (Å²) in [6, 6.07) is 0.583. The number of aliphatic hydroxyl groups excluding tert-OH is 10. The molecule has 3 fully saturated rings. The smallest absolute Gasteiger partial charge is 0.330 e. The van der Waals surface area contributed by atoms with Crippen molar-refractivity contribution in [3.05, 3.63) is 176 Å². The maximum atomic E-state index is 17.0. The van der Waals surface area contributed by atoms with Gasteiger partial charge in [-0.1, -0.05) is 85.5 Å². The normalized spacial score (nSPS) is 28.9. The number of benzene rings is 7. The van der Waals surface area contributed by atoms with E-state index in [1.807, 2.05) is 13.0 Å². The number of unbranched alkanes of at least 4 members (excludes halogenated alkanes) is 3. The lowest BCUT2D eigenvalue weighted by Crippen LogP contribution is -2.65. The fourth-order valence-corrected chi connectivity index (χ4v) is 16.8. The zero-order chi connectivity index (χ0) is 94.7. The summed E-state index contributed by atoms with van der Waals surface area (Å²) < 4.78 is 57.5. The molecule has 9 heterocycles. The summed E-state index contributed by atoms with van der Waals surface area (Å²) in [6.07, 6.45) is -22.2. The lowest BCUT2D eigenvalue weighted by atomic mass is 9.89. The minimum Gasteiger partial charge on any atom is -0.508 e. The van der Waals surface area contributed by atoms with Crippen molar-refractivity contribution in [1.29, 1.82) is 0 Å². The number of carbonyl (C=O) groups is 9. The van der Waals surface area contributed by atoms with Crippen molar-refractivity contribution in [2.45, 2.75) is 199 Å². The predicted molar refractivity (Wildman–Crippen MR) is 453 cm³/mol. The van der Waals surface area contributed by atoms with Crippen LogP contribution in [0, 0.1) is 0 Å². The second-order valence-electron chi connectivity index (χ2n) is 32.3. The van der Waals surface area contributed by atoms with E-state index in [0.717, 1.165) is 105 Å². The monoisotopic (exact) mass is 1880 g/mol. The third kappa shape index (κ3) is 20.5. The number of phenols is 4. The minimum atomic E-state index is -2.59. The van der Waals surface area contributed by atoms with Gasteiger partial charge in [-0.05, 0) is 120 Å². The second-order valence-corrected chi connectivity index (χ2v) is 33.1. The van der Waals surface area contributed by atoms with Crippen LogP contribution in [0.25, 0.3) is 11.1 Å². The number of amides is 8. The molecular formula is C88H95Cl2N9O33. The van der Waals surface area contributed by atoms with Crippen LogP contribution < -0.4 is 72.0 Å². The van der Waals surface area contributed by atoms with Crippen molar-refractivity contribution in [1.82, 2.24) is 42.5 Å². The number of aromatic hydroxyl groups is 4. The highest BCUT2D eigenvalue weighted by atomic mass is 35.5.